The number of carbonyl (C=O) groups excluding carboxylic acids is 3. The number of nitrogens with one attached hydrogen (secondary N) is 3. The van der Waals surface area contributed by atoms with Gasteiger partial charge in [-0.2, -0.15) is 0 Å². The zero-order valence-corrected chi connectivity index (χ0v) is 16.7. The first-order valence-corrected chi connectivity index (χ1v) is 9.91. The van der Waals surface area contributed by atoms with Crippen LogP contribution in [-0.4, -0.2) is 34.9 Å². The molecule has 3 N–H and O–H groups in total. The lowest BCUT2D eigenvalue weighted by molar-refractivity contribution is -0.140. The quantitative estimate of drug-likeness (QED) is 0.345. The Morgan fingerprint density at radius 2 is 1.55 bits per heavy atom. The second kappa shape index (κ2) is 7.28. The van der Waals surface area contributed by atoms with Crippen molar-refractivity contribution in [2.24, 2.45) is 0 Å². The van der Waals surface area contributed by atoms with E-state index in [1.54, 1.807) is 12.4 Å². The number of hydrogen-bond donors (Lipinski definition) is 3. The Kier molecular flexibility index (Phi) is 4.43. The minimum absolute atomic E-state index is 0.256. The molecular weight excluding hydrogens is 394 g/mol. The van der Waals surface area contributed by atoms with Gasteiger partial charge in [0.2, 0.25) is 0 Å². The molecule has 1 aliphatic rings. The lowest BCUT2D eigenvalue weighted by Gasteiger charge is -2.05. The van der Waals surface area contributed by atoms with Crippen LogP contribution in [-0.2, 0) is 25.5 Å². The summed E-state index contributed by atoms with van der Waals surface area (Å²) in [4.78, 5) is 43.6. The minimum Gasteiger partial charge on any atom is -0.469 e. The number of H-pyrrole nitrogens is 2. The molecule has 0 unspecified atom stereocenters. The van der Waals surface area contributed by atoms with Crippen molar-refractivity contribution in [3.8, 4) is 0 Å². The maximum absolute atomic E-state index is 12.8. The van der Waals surface area contributed by atoms with Gasteiger partial charge in [0.05, 0.1) is 18.3 Å². The van der Waals surface area contributed by atoms with Gasteiger partial charge in [-0.15, -0.1) is 0 Å². The van der Waals surface area contributed by atoms with Gasteiger partial charge in [-0.3, -0.25) is 19.7 Å². The van der Waals surface area contributed by atoms with E-state index in [2.05, 4.69) is 15.3 Å². The summed E-state index contributed by atoms with van der Waals surface area (Å²) < 4.78 is 4.74. The lowest BCUT2D eigenvalue weighted by Crippen LogP contribution is -2.22. The van der Waals surface area contributed by atoms with E-state index in [0.717, 1.165) is 27.4 Å². The summed E-state index contributed by atoms with van der Waals surface area (Å²) in [6.07, 6.45) is 4.26. The van der Waals surface area contributed by atoms with E-state index in [1.807, 2.05) is 42.5 Å². The number of rotatable bonds is 5. The molecule has 1 aliphatic heterocycles. The number of benzene rings is 2. The summed E-state index contributed by atoms with van der Waals surface area (Å²) in [6.45, 7) is 0. The van der Waals surface area contributed by atoms with E-state index in [-0.39, 0.29) is 12.4 Å². The Morgan fingerprint density at radius 1 is 0.871 bits per heavy atom. The van der Waals surface area contributed by atoms with Crippen molar-refractivity contribution in [3.63, 3.8) is 0 Å². The van der Waals surface area contributed by atoms with Gasteiger partial charge in [0, 0.05) is 51.7 Å². The zero-order chi connectivity index (χ0) is 21.5. The van der Waals surface area contributed by atoms with Gasteiger partial charge in [-0.25, -0.2) is 0 Å². The second-order valence-electron chi connectivity index (χ2n) is 7.40. The van der Waals surface area contributed by atoms with E-state index < -0.39 is 11.8 Å². The van der Waals surface area contributed by atoms with E-state index in [4.69, 9.17) is 4.74 Å². The number of amides is 2. The van der Waals surface area contributed by atoms with Gasteiger partial charge in [0.1, 0.15) is 0 Å². The number of hydrogen-bond acceptors (Lipinski definition) is 4. The summed E-state index contributed by atoms with van der Waals surface area (Å²) in [5.41, 5.74) is 4.69. The molecule has 0 radical (unpaired) electrons. The lowest BCUT2D eigenvalue weighted by atomic mass is 9.95. The molecule has 0 fully saturated rings. The summed E-state index contributed by atoms with van der Waals surface area (Å²) in [6, 6.07) is 13.4. The van der Waals surface area contributed by atoms with Gasteiger partial charge in [0.15, 0.2) is 0 Å². The van der Waals surface area contributed by atoms with Gasteiger partial charge < -0.3 is 14.7 Å². The third-order valence-electron chi connectivity index (χ3n) is 5.69. The molecule has 4 aromatic rings. The van der Waals surface area contributed by atoms with Crippen LogP contribution in [0.1, 0.15) is 23.1 Å². The number of fused-ring (bicyclic) bond motifs is 2. The highest BCUT2D eigenvalue weighted by atomic mass is 16.5. The Bertz CT molecular complexity index is 1410. The average Bonchev–Trinajstić information content (AvgIpc) is 3.46. The Balaban J connectivity index is 1.68. The molecule has 5 rings (SSSR count). The first-order chi connectivity index (χ1) is 15.1. The van der Waals surface area contributed by atoms with Gasteiger partial charge in [0.25, 0.3) is 11.8 Å². The molecule has 0 saturated heterocycles. The highest BCUT2D eigenvalue weighted by Crippen LogP contribution is 2.38. The predicted molar refractivity (Wildman–Crippen MR) is 117 cm³/mol. The molecule has 31 heavy (non-hydrogen) atoms. The summed E-state index contributed by atoms with van der Waals surface area (Å²) in [5.74, 6) is -1.12. The number of para-hydroxylation sites is 2. The predicted octanol–water partition coefficient (Wildman–Crippen LogP) is 3.32. The molecule has 2 aromatic carbocycles. The maximum atomic E-state index is 12.8. The summed E-state index contributed by atoms with van der Waals surface area (Å²) in [7, 11) is 1.37. The van der Waals surface area contributed by atoms with Gasteiger partial charge in [-0.05, 0) is 18.1 Å². The van der Waals surface area contributed by atoms with Gasteiger partial charge in [-0.1, -0.05) is 36.4 Å². The second-order valence-corrected chi connectivity index (χ2v) is 7.40. The highest BCUT2D eigenvalue weighted by Gasteiger charge is 2.34. The Labute approximate surface area is 177 Å². The van der Waals surface area contributed by atoms with Crippen LogP contribution in [0.4, 0.5) is 0 Å². The third kappa shape index (κ3) is 3.02. The SMILES string of the molecule is COC(=O)CCc1cccc2c(C3=C(c4c[nH]c5ccccc45)C(=O)NC3=O)c[nH]c12. The van der Waals surface area contributed by atoms with Crippen molar-refractivity contribution in [1.82, 2.24) is 15.3 Å². The van der Waals surface area contributed by atoms with E-state index >= 15 is 0 Å². The van der Waals surface area contributed by atoms with Crippen molar-refractivity contribution < 1.29 is 19.1 Å². The number of aromatic amines is 2. The topological polar surface area (TPSA) is 104 Å². The van der Waals surface area contributed by atoms with Crippen molar-refractivity contribution in [2.75, 3.05) is 7.11 Å². The van der Waals surface area contributed by atoms with Crippen molar-refractivity contribution in [3.05, 3.63) is 71.5 Å². The van der Waals surface area contributed by atoms with E-state index in [9.17, 15) is 14.4 Å². The maximum Gasteiger partial charge on any atom is 0.305 e. The van der Waals surface area contributed by atoms with Crippen molar-refractivity contribution in [2.45, 2.75) is 12.8 Å². The normalized spacial score (nSPS) is 14.0. The molecule has 0 atom stereocenters. The molecule has 7 heteroatoms. The van der Waals surface area contributed by atoms with E-state index in [0.29, 0.717) is 28.7 Å². The van der Waals surface area contributed by atoms with Gasteiger partial charge >= 0.3 is 5.97 Å². The average molecular weight is 413 g/mol. The molecule has 2 amide bonds. The monoisotopic (exact) mass is 413 g/mol. The molecule has 0 bridgehead atoms. The zero-order valence-electron chi connectivity index (χ0n) is 16.7. The molecular formula is C24H19N3O4. The number of carbonyl (C=O) groups is 3. The number of aromatic nitrogens is 2. The smallest absolute Gasteiger partial charge is 0.305 e. The van der Waals surface area contributed by atoms with Crippen LogP contribution < -0.4 is 5.32 Å². The number of imide groups is 1. The number of esters is 1. The van der Waals surface area contributed by atoms with Crippen LogP contribution >= 0.6 is 0 Å². The van der Waals surface area contributed by atoms with Crippen molar-refractivity contribution in [1.29, 1.82) is 0 Å². The number of ether oxygens (including phenoxy) is 1. The first kappa shape index (κ1) is 18.9. The fraction of sp³-hybridized carbons (Fsp3) is 0.125. The Morgan fingerprint density at radius 3 is 2.32 bits per heavy atom. The van der Waals surface area contributed by atoms with Crippen LogP contribution in [0, 0.1) is 0 Å². The molecule has 154 valence electrons. The number of aryl methyl sites for hydroxylation is 1. The highest BCUT2D eigenvalue weighted by molar-refractivity contribution is 6.50. The third-order valence-corrected chi connectivity index (χ3v) is 5.69. The van der Waals surface area contributed by atoms with Crippen LogP contribution in [0.5, 0.6) is 0 Å². The van der Waals surface area contributed by atoms with Crippen LogP contribution in [0.3, 0.4) is 0 Å². The Hall–Kier alpha value is -4.13. The molecule has 0 saturated carbocycles. The molecule has 2 aromatic heterocycles. The standard InChI is InChI=1S/C24H19N3O4/c1-31-19(28)10-9-13-5-4-7-15-17(12-26-22(13)15)21-20(23(29)27-24(21)30)16-11-25-18-8-3-2-6-14(16)18/h2-8,11-12,25-26H,9-10H2,1H3,(H,27,29,30). The molecule has 0 spiro atoms. The van der Waals surface area contributed by atoms with Crippen molar-refractivity contribution >= 4 is 50.7 Å². The fourth-order valence-corrected chi connectivity index (χ4v) is 4.22. The van der Waals surface area contributed by atoms with Crippen LogP contribution in [0.25, 0.3) is 33.0 Å². The minimum atomic E-state index is -0.425. The number of methoxy groups -OCH3 is 1. The first-order valence-electron chi connectivity index (χ1n) is 9.91. The molecule has 0 aliphatic carbocycles. The molecule has 7 nitrogen and oxygen atoms in total. The largest absolute Gasteiger partial charge is 0.469 e. The van der Waals surface area contributed by atoms with E-state index in [1.165, 1.54) is 7.11 Å². The van der Waals surface area contributed by atoms with Crippen LogP contribution in [0.2, 0.25) is 0 Å². The van der Waals surface area contributed by atoms with Crippen LogP contribution in [0.15, 0.2) is 54.9 Å². The summed E-state index contributed by atoms with van der Waals surface area (Å²) in [5, 5.41) is 4.14. The fourth-order valence-electron chi connectivity index (χ4n) is 4.22. The summed E-state index contributed by atoms with van der Waals surface area (Å²) >= 11 is 0. The molecule has 3 heterocycles.